The van der Waals surface area contributed by atoms with E-state index in [9.17, 15) is 13.2 Å². The lowest BCUT2D eigenvalue weighted by Crippen LogP contribution is -2.43. The van der Waals surface area contributed by atoms with Crippen LogP contribution >= 0.6 is 23.2 Å². The fourth-order valence-electron chi connectivity index (χ4n) is 3.06. The summed E-state index contributed by atoms with van der Waals surface area (Å²) >= 11 is 12.5. The number of nitrogens with zero attached hydrogens (tertiary/aromatic N) is 2. The minimum Gasteiger partial charge on any atom is -0.369 e. The summed E-state index contributed by atoms with van der Waals surface area (Å²) in [6.45, 7) is 3.03. The van der Waals surface area contributed by atoms with Gasteiger partial charge in [0.15, 0.2) is 9.84 Å². The van der Waals surface area contributed by atoms with Crippen LogP contribution in [0.2, 0.25) is 10.0 Å². The Morgan fingerprint density at radius 3 is 2.39 bits per heavy atom. The molecule has 150 valence electrons. The van der Waals surface area contributed by atoms with E-state index in [1.165, 1.54) is 6.20 Å². The van der Waals surface area contributed by atoms with E-state index in [4.69, 9.17) is 23.2 Å². The maximum absolute atomic E-state index is 12.5. The molecule has 1 aliphatic rings. The van der Waals surface area contributed by atoms with Crippen LogP contribution in [0.25, 0.3) is 0 Å². The summed E-state index contributed by atoms with van der Waals surface area (Å²) in [7, 11) is -3.02. The number of carbonyl (C=O) groups excluding carboxylic acids is 1. The summed E-state index contributed by atoms with van der Waals surface area (Å²) in [4.78, 5) is 18.3. The number of sulfone groups is 1. The van der Waals surface area contributed by atoms with Crippen LogP contribution in [-0.2, 0) is 9.84 Å². The Balaban J connectivity index is 1.59. The number of amides is 1. The second-order valence-corrected chi connectivity index (χ2v) is 9.91. The van der Waals surface area contributed by atoms with Crippen LogP contribution in [0.5, 0.6) is 0 Å². The van der Waals surface area contributed by atoms with Crippen molar-refractivity contribution in [1.29, 1.82) is 0 Å². The van der Waals surface area contributed by atoms with E-state index in [-0.39, 0.29) is 36.4 Å². The van der Waals surface area contributed by atoms with Crippen molar-refractivity contribution in [2.24, 2.45) is 0 Å². The summed E-state index contributed by atoms with van der Waals surface area (Å²) in [5.74, 6) is 0.514. The first-order valence-electron chi connectivity index (χ1n) is 8.90. The van der Waals surface area contributed by atoms with Gasteiger partial charge in [0.25, 0.3) is 5.91 Å². The van der Waals surface area contributed by atoms with Crippen molar-refractivity contribution in [2.45, 2.75) is 12.8 Å². The molecule has 0 saturated carbocycles. The molecule has 6 nitrogen and oxygen atoms in total. The van der Waals surface area contributed by atoms with Crippen LogP contribution < -0.4 is 5.32 Å². The molecule has 0 bridgehead atoms. The first-order valence-corrected chi connectivity index (χ1v) is 11.5. The number of rotatable bonds is 5. The maximum atomic E-state index is 12.5. The molecule has 0 aliphatic carbocycles. The molecule has 3 rings (SSSR count). The third-order valence-corrected chi connectivity index (χ3v) is 6.99. The predicted octanol–water partition coefficient (Wildman–Crippen LogP) is 3.47. The minimum absolute atomic E-state index is 0.00824. The molecule has 1 fully saturated rings. The first kappa shape index (κ1) is 20.9. The number of benzene rings is 1. The van der Waals surface area contributed by atoms with Gasteiger partial charge in [0.1, 0.15) is 5.82 Å². The number of pyridine rings is 1. The van der Waals surface area contributed by atoms with E-state index in [1.54, 1.807) is 17.0 Å². The molecule has 1 aromatic carbocycles. The zero-order valence-electron chi connectivity index (χ0n) is 15.4. The average Bonchev–Trinajstić information content (AvgIpc) is 2.66. The monoisotopic (exact) mass is 441 g/mol. The van der Waals surface area contributed by atoms with E-state index in [1.807, 2.05) is 25.1 Å². The van der Waals surface area contributed by atoms with E-state index in [0.717, 1.165) is 5.56 Å². The van der Waals surface area contributed by atoms with Crippen molar-refractivity contribution in [3.63, 3.8) is 0 Å². The highest BCUT2D eigenvalue weighted by molar-refractivity contribution is 7.91. The second-order valence-electron chi connectivity index (χ2n) is 6.79. The molecule has 0 radical (unpaired) electrons. The summed E-state index contributed by atoms with van der Waals surface area (Å²) in [5.41, 5.74) is 1.32. The summed E-state index contributed by atoms with van der Waals surface area (Å²) in [6.07, 6.45) is 1.50. The van der Waals surface area contributed by atoms with Gasteiger partial charge in [-0.1, -0.05) is 36.2 Å². The summed E-state index contributed by atoms with van der Waals surface area (Å²) in [6, 6.07) is 8.85. The number of anilines is 1. The highest BCUT2D eigenvalue weighted by atomic mass is 35.5. The molecule has 28 heavy (non-hydrogen) atoms. The van der Waals surface area contributed by atoms with Crippen LogP contribution in [0.1, 0.15) is 28.8 Å². The number of halogens is 2. The van der Waals surface area contributed by atoms with Gasteiger partial charge in [0, 0.05) is 41.8 Å². The lowest BCUT2D eigenvalue weighted by molar-refractivity contribution is 0.0770. The molecule has 1 atom stereocenters. The van der Waals surface area contributed by atoms with Gasteiger partial charge in [-0.05, 0) is 29.8 Å². The van der Waals surface area contributed by atoms with Crippen LogP contribution in [0, 0.1) is 0 Å². The van der Waals surface area contributed by atoms with Crippen molar-refractivity contribution in [1.82, 2.24) is 9.88 Å². The highest BCUT2D eigenvalue weighted by Gasteiger charge is 2.25. The van der Waals surface area contributed by atoms with Crippen molar-refractivity contribution in [3.05, 3.63) is 57.7 Å². The normalized spacial score (nSPS) is 17.2. The standard InChI is InChI=1S/C19H21Cl2N3O3S/c1-13(18-15(20)3-2-4-16(18)21)11-22-17-6-5-14(12-23-17)19(25)24-7-9-28(26,27)10-8-24/h2-6,12-13H,7-11H2,1H3,(H,22,23). The predicted molar refractivity (Wildman–Crippen MR) is 112 cm³/mol. The van der Waals surface area contributed by atoms with Crippen LogP contribution in [0.4, 0.5) is 5.82 Å². The Kier molecular flexibility index (Phi) is 6.47. The fraction of sp³-hybridized carbons (Fsp3) is 0.368. The lowest BCUT2D eigenvalue weighted by atomic mass is 10.0. The first-order chi connectivity index (χ1) is 13.3. The SMILES string of the molecule is CC(CNc1ccc(C(=O)N2CCS(=O)(=O)CC2)cn1)c1c(Cl)cccc1Cl. The number of hydrogen-bond donors (Lipinski definition) is 1. The number of nitrogens with one attached hydrogen (secondary N) is 1. The van der Waals surface area contributed by atoms with E-state index >= 15 is 0 Å². The average molecular weight is 442 g/mol. The molecular weight excluding hydrogens is 421 g/mol. The largest absolute Gasteiger partial charge is 0.369 e. The van der Waals surface area contributed by atoms with E-state index in [0.29, 0.717) is 28.0 Å². The molecule has 1 amide bonds. The highest BCUT2D eigenvalue weighted by Crippen LogP contribution is 2.31. The van der Waals surface area contributed by atoms with Gasteiger partial charge in [0.2, 0.25) is 0 Å². The number of hydrogen-bond acceptors (Lipinski definition) is 5. The molecule has 1 aromatic heterocycles. The third kappa shape index (κ3) is 4.96. The fourth-order valence-corrected chi connectivity index (χ4v) is 5.04. The molecule has 9 heteroatoms. The van der Waals surface area contributed by atoms with Gasteiger partial charge < -0.3 is 10.2 Å². The van der Waals surface area contributed by atoms with Gasteiger partial charge in [-0.3, -0.25) is 4.79 Å². The van der Waals surface area contributed by atoms with Gasteiger partial charge in [-0.25, -0.2) is 13.4 Å². The smallest absolute Gasteiger partial charge is 0.255 e. The van der Waals surface area contributed by atoms with Crippen LogP contribution in [-0.4, -0.2) is 55.3 Å². The minimum atomic E-state index is -3.02. The summed E-state index contributed by atoms with van der Waals surface area (Å²) in [5, 5.41) is 4.47. The van der Waals surface area contributed by atoms with Gasteiger partial charge in [0.05, 0.1) is 17.1 Å². The molecular formula is C19H21Cl2N3O3S. The van der Waals surface area contributed by atoms with Crippen LogP contribution in [0.3, 0.4) is 0 Å². The van der Waals surface area contributed by atoms with Crippen molar-refractivity contribution >= 4 is 44.8 Å². The van der Waals surface area contributed by atoms with Crippen molar-refractivity contribution < 1.29 is 13.2 Å². The third-order valence-electron chi connectivity index (χ3n) is 4.72. The molecule has 2 heterocycles. The topological polar surface area (TPSA) is 79.4 Å². The molecule has 1 unspecified atom stereocenters. The van der Waals surface area contributed by atoms with Crippen molar-refractivity contribution in [2.75, 3.05) is 36.5 Å². The van der Waals surface area contributed by atoms with E-state index in [2.05, 4.69) is 10.3 Å². The van der Waals surface area contributed by atoms with E-state index < -0.39 is 9.84 Å². The van der Waals surface area contributed by atoms with Crippen molar-refractivity contribution in [3.8, 4) is 0 Å². The Morgan fingerprint density at radius 2 is 1.82 bits per heavy atom. The molecule has 1 saturated heterocycles. The van der Waals surface area contributed by atoms with Crippen LogP contribution in [0.15, 0.2) is 36.5 Å². The Bertz CT molecular complexity index is 931. The quantitative estimate of drug-likeness (QED) is 0.767. The zero-order chi connectivity index (χ0) is 20.3. The van der Waals surface area contributed by atoms with Gasteiger partial charge >= 0.3 is 0 Å². The van der Waals surface area contributed by atoms with Gasteiger partial charge in [-0.2, -0.15) is 0 Å². The Hall–Kier alpha value is -1.83. The second kappa shape index (κ2) is 8.68. The molecule has 0 spiro atoms. The Labute approximate surface area is 174 Å². The maximum Gasteiger partial charge on any atom is 0.255 e. The Morgan fingerprint density at radius 1 is 1.18 bits per heavy atom. The lowest BCUT2D eigenvalue weighted by Gasteiger charge is -2.26. The van der Waals surface area contributed by atoms with Gasteiger partial charge in [-0.15, -0.1) is 0 Å². The molecule has 2 aromatic rings. The molecule has 1 N–H and O–H groups in total. The number of carbonyl (C=O) groups is 1. The zero-order valence-corrected chi connectivity index (χ0v) is 17.7. The number of aromatic nitrogens is 1. The summed E-state index contributed by atoms with van der Waals surface area (Å²) < 4.78 is 23.0. The molecule has 1 aliphatic heterocycles.